The van der Waals surface area contributed by atoms with Gasteiger partial charge in [0.15, 0.2) is 5.78 Å². The number of anilines is 4. The van der Waals surface area contributed by atoms with E-state index in [9.17, 15) is 4.79 Å². The number of rotatable bonds is 5. The Labute approximate surface area is 180 Å². The number of hydrogen-bond acceptors (Lipinski definition) is 6. The molecule has 1 aliphatic carbocycles. The first-order valence-corrected chi connectivity index (χ1v) is 9.84. The molecule has 3 aromatic carbocycles. The Bertz CT molecular complexity index is 1190. The van der Waals surface area contributed by atoms with Gasteiger partial charge in [-0.1, -0.05) is 12.1 Å². The monoisotopic (exact) mass is 409 g/mol. The average molecular weight is 409 g/mol. The fraction of sp³-hybridized carbons (Fsp3) is 0.0400. The highest BCUT2D eigenvalue weighted by molar-refractivity contribution is 6.23. The van der Waals surface area contributed by atoms with Crippen LogP contribution in [0.15, 0.2) is 101 Å². The van der Waals surface area contributed by atoms with Crippen molar-refractivity contribution >= 4 is 39.9 Å². The van der Waals surface area contributed by atoms with Crippen LogP contribution < -0.4 is 22.5 Å². The van der Waals surface area contributed by atoms with E-state index in [4.69, 9.17) is 22.2 Å². The second-order valence-corrected chi connectivity index (χ2v) is 7.35. The fourth-order valence-electron chi connectivity index (χ4n) is 3.21. The smallest absolute Gasteiger partial charge is 0.184 e. The molecule has 0 saturated carbocycles. The molecule has 0 unspecified atom stereocenters. The lowest BCUT2D eigenvalue weighted by molar-refractivity contribution is -0.111. The molecule has 0 fully saturated rings. The molecular formula is C25H23N5O. The zero-order chi connectivity index (χ0) is 21.8. The van der Waals surface area contributed by atoms with Crippen LogP contribution in [0.25, 0.3) is 0 Å². The van der Waals surface area contributed by atoms with E-state index in [0.29, 0.717) is 40.5 Å². The van der Waals surface area contributed by atoms with Crippen LogP contribution in [0.3, 0.4) is 0 Å². The Kier molecular flexibility index (Phi) is 5.53. The van der Waals surface area contributed by atoms with E-state index in [2.05, 4.69) is 5.32 Å². The summed E-state index contributed by atoms with van der Waals surface area (Å²) in [6.07, 6.45) is 3.90. The molecule has 1 aliphatic rings. The highest BCUT2D eigenvalue weighted by Crippen LogP contribution is 2.24. The Balaban J connectivity index is 1.68. The van der Waals surface area contributed by atoms with Crippen molar-refractivity contribution in [3.05, 3.63) is 102 Å². The minimum Gasteiger partial charge on any atom is -0.399 e. The predicted molar refractivity (Wildman–Crippen MR) is 128 cm³/mol. The molecule has 0 bridgehead atoms. The first-order chi connectivity index (χ1) is 15.0. The van der Waals surface area contributed by atoms with Crippen molar-refractivity contribution in [2.24, 2.45) is 4.99 Å². The van der Waals surface area contributed by atoms with Crippen molar-refractivity contribution in [2.45, 2.75) is 6.42 Å². The second kappa shape index (κ2) is 8.59. The zero-order valence-electron chi connectivity index (χ0n) is 16.9. The topological polar surface area (TPSA) is 120 Å². The van der Waals surface area contributed by atoms with Crippen molar-refractivity contribution < 1.29 is 4.79 Å². The van der Waals surface area contributed by atoms with Crippen molar-refractivity contribution in [2.75, 3.05) is 22.5 Å². The summed E-state index contributed by atoms with van der Waals surface area (Å²) in [5.74, 6) is -0.0639. The van der Waals surface area contributed by atoms with Crippen LogP contribution in [0.4, 0.5) is 28.4 Å². The summed E-state index contributed by atoms with van der Waals surface area (Å²) in [6, 6.07) is 22.1. The van der Waals surface area contributed by atoms with Crippen LogP contribution in [-0.4, -0.2) is 11.5 Å². The van der Waals surface area contributed by atoms with Crippen LogP contribution in [0.2, 0.25) is 0 Å². The zero-order valence-corrected chi connectivity index (χ0v) is 16.9. The van der Waals surface area contributed by atoms with Crippen molar-refractivity contribution in [3.8, 4) is 0 Å². The van der Waals surface area contributed by atoms with Crippen LogP contribution in [0, 0.1) is 0 Å². The van der Waals surface area contributed by atoms with Gasteiger partial charge in [0.05, 0.1) is 17.1 Å². The average Bonchev–Trinajstić information content (AvgIpc) is 2.76. The third-order valence-electron chi connectivity index (χ3n) is 4.89. The van der Waals surface area contributed by atoms with Crippen molar-refractivity contribution in [1.82, 2.24) is 0 Å². The van der Waals surface area contributed by atoms with Gasteiger partial charge in [-0.3, -0.25) is 4.79 Å². The molecule has 0 aromatic heterocycles. The summed E-state index contributed by atoms with van der Waals surface area (Å²) >= 11 is 0. The fourth-order valence-corrected chi connectivity index (χ4v) is 3.21. The molecule has 0 atom stereocenters. The number of nitrogens with two attached hydrogens (primary N) is 3. The van der Waals surface area contributed by atoms with Crippen LogP contribution in [-0.2, 0) is 11.2 Å². The van der Waals surface area contributed by atoms with Gasteiger partial charge in [0.1, 0.15) is 0 Å². The van der Waals surface area contributed by atoms with Crippen molar-refractivity contribution in [3.63, 3.8) is 0 Å². The third kappa shape index (κ3) is 5.00. The lowest BCUT2D eigenvalue weighted by atomic mass is 9.94. The molecule has 0 radical (unpaired) electrons. The summed E-state index contributed by atoms with van der Waals surface area (Å²) in [7, 11) is 0. The molecule has 0 heterocycles. The molecule has 7 N–H and O–H groups in total. The van der Waals surface area contributed by atoms with Crippen LogP contribution in [0.1, 0.15) is 5.56 Å². The predicted octanol–water partition coefficient (Wildman–Crippen LogP) is 4.25. The van der Waals surface area contributed by atoms with Crippen molar-refractivity contribution in [1.29, 1.82) is 0 Å². The Morgan fingerprint density at radius 1 is 0.710 bits per heavy atom. The molecule has 0 saturated heterocycles. The summed E-state index contributed by atoms with van der Waals surface area (Å²) in [5.41, 5.74) is 23.8. The molecular weight excluding hydrogens is 386 g/mol. The van der Waals surface area contributed by atoms with Gasteiger partial charge in [-0.2, -0.15) is 0 Å². The van der Waals surface area contributed by atoms with Gasteiger partial charge in [-0.25, -0.2) is 4.99 Å². The number of carbonyl (C=O) groups is 1. The maximum absolute atomic E-state index is 12.9. The maximum atomic E-state index is 12.9. The second-order valence-electron chi connectivity index (χ2n) is 7.35. The van der Waals surface area contributed by atoms with Gasteiger partial charge in [0.2, 0.25) is 0 Å². The number of hydrogen-bond donors (Lipinski definition) is 4. The Hall–Kier alpha value is -4.32. The largest absolute Gasteiger partial charge is 0.399 e. The minimum absolute atomic E-state index is 0.0639. The first-order valence-electron chi connectivity index (χ1n) is 9.84. The highest BCUT2D eigenvalue weighted by atomic mass is 16.1. The van der Waals surface area contributed by atoms with E-state index < -0.39 is 0 Å². The van der Waals surface area contributed by atoms with E-state index in [-0.39, 0.29) is 5.78 Å². The number of nitrogens with one attached hydrogen (secondary N) is 1. The van der Waals surface area contributed by atoms with Crippen LogP contribution >= 0.6 is 0 Å². The van der Waals surface area contributed by atoms with E-state index in [1.807, 2.05) is 54.6 Å². The van der Waals surface area contributed by atoms with Gasteiger partial charge in [-0.15, -0.1) is 0 Å². The SMILES string of the molecule is Nc1ccc(CC2=CC(=Nc3ccc(N)cc3)C(Nc3ccc(N)cc3)=CC2=O)cc1. The van der Waals surface area contributed by atoms with Gasteiger partial charge in [0.25, 0.3) is 0 Å². The highest BCUT2D eigenvalue weighted by Gasteiger charge is 2.19. The van der Waals surface area contributed by atoms with Gasteiger partial charge < -0.3 is 22.5 Å². The first kappa shape index (κ1) is 20.0. The molecule has 0 spiro atoms. The van der Waals surface area contributed by atoms with E-state index in [0.717, 1.165) is 16.9 Å². The number of carbonyl (C=O) groups excluding carboxylic acids is 1. The van der Waals surface area contributed by atoms with E-state index in [1.165, 1.54) is 0 Å². The summed E-state index contributed by atoms with van der Waals surface area (Å²) in [5, 5.41) is 3.28. The standard InChI is InChI=1S/C25H23N5O/c26-18-3-1-16(2-4-18)13-17-14-23(29-21-9-5-19(27)6-10-21)24(15-25(17)31)30-22-11-7-20(28)8-12-22/h1-12,14-15,30H,13,26-28H2. The number of benzene rings is 3. The van der Waals surface area contributed by atoms with E-state index in [1.54, 1.807) is 30.3 Å². The maximum Gasteiger partial charge on any atom is 0.184 e. The Morgan fingerprint density at radius 2 is 1.26 bits per heavy atom. The van der Waals surface area contributed by atoms with Gasteiger partial charge in [-0.05, 0) is 72.3 Å². The number of aliphatic imine (C=N–C) groups is 1. The number of nitrogen functional groups attached to an aromatic ring is 3. The number of nitrogens with zero attached hydrogens (tertiary/aromatic N) is 1. The summed E-state index contributed by atoms with van der Waals surface area (Å²) < 4.78 is 0. The molecule has 154 valence electrons. The van der Waals surface area contributed by atoms with E-state index >= 15 is 0 Å². The number of allylic oxidation sites excluding steroid dienone is 3. The quantitative estimate of drug-likeness (QED) is 0.371. The molecule has 6 heteroatoms. The molecule has 6 nitrogen and oxygen atoms in total. The minimum atomic E-state index is -0.0639. The lowest BCUT2D eigenvalue weighted by Gasteiger charge is -2.18. The Morgan fingerprint density at radius 3 is 1.87 bits per heavy atom. The molecule has 31 heavy (non-hydrogen) atoms. The van der Waals surface area contributed by atoms with Gasteiger partial charge in [0, 0.05) is 40.8 Å². The molecule has 0 aliphatic heterocycles. The molecule has 0 amide bonds. The number of ketones is 1. The van der Waals surface area contributed by atoms with Crippen LogP contribution in [0.5, 0.6) is 0 Å². The molecule has 3 aromatic rings. The lowest BCUT2D eigenvalue weighted by Crippen LogP contribution is -2.19. The summed E-state index contributed by atoms with van der Waals surface area (Å²) in [4.78, 5) is 17.6. The third-order valence-corrected chi connectivity index (χ3v) is 4.89. The summed E-state index contributed by atoms with van der Waals surface area (Å²) in [6.45, 7) is 0. The van der Waals surface area contributed by atoms with Gasteiger partial charge >= 0.3 is 0 Å². The molecule has 4 rings (SSSR count). The normalized spacial score (nSPS) is 14.8.